The highest BCUT2D eigenvalue weighted by Crippen LogP contribution is 2.18. The summed E-state index contributed by atoms with van der Waals surface area (Å²) in [5.74, 6) is -0.338. The van der Waals surface area contributed by atoms with Gasteiger partial charge in [0.2, 0.25) is 5.91 Å². The predicted molar refractivity (Wildman–Crippen MR) is 89.8 cm³/mol. The summed E-state index contributed by atoms with van der Waals surface area (Å²) in [5.41, 5.74) is 3.17. The first-order valence-corrected chi connectivity index (χ1v) is 7.69. The van der Waals surface area contributed by atoms with Crippen LogP contribution in [-0.4, -0.2) is 17.0 Å². The third-order valence-electron chi connectivity index (χ3n) is 3.95. The van der Waals surface area contributed by atoms with Gasteiger partial charge in [-0.25, -0.2) is 4.39 Å². The van der Waals surface area contributed by atoms with Crippen molar-refractivity contribution in [2.45, 2.75) is 19.9 Å². The first-order chi connectivity index (χ1) is 11.1. The van der Waals surface area contributed by atoms with E-state index in [4.69, 9.17) is 0 Å². The molecule has 0 aliphatic heterocycles. The van der Waals surface area contributed by atoms with E-state index in [0.717, 1.165) is 12.1 Å². The maximum atomic E-state index is 12.8. The molecule has 0 aliphatic carbocycles. The number of aromatic nitrogens is 1. The van der Waals surface area contributed by atoms with Crippen LogP contribution in [0, 0.1) is 12.7 Å². The summed E-state index contributed by atoms with van der Waals surface area (Å²) in [6.07, 6.45) is 0.270. The van der Waals surface area contributed by atoms with Gasteiger partial charge in [-0.05, 0) is 42.1 Å². The molecule has 1 heterocycles. The zero-order valence-electron chi connectivity index (χ0n) is 13.1. The number of aryl methyl sites for hydroxylation is 1. The van der Waals surface area contributed by atoms with Crippen LogP contribution >= 0.6 is 0 Å². The number of fused-ring (bicyclic) bond motifs is 1. The van der Waals surface area contributed by atoms with Crippen LogP contribution in [0.3, 0.4) is 0 Å². The van der Waals surface area contributed by atoms with Crippen molar-refractivity contribution in [1.82, 2.24) is 9.88 Å². The summed E-state index contributed by atoms with van der Waals surface area (Å²) in [6.45, 7) is 3.37. The number of hydrogen-bond acceptors (Lipinski definition) is 1. The molecule has 0 unspecified atom stereocenters. The molecule has 0 saturated heterocycles. The molecule has 0 fully saturated rings. The highest BCUT2D eigenvalue weighted by atomic mass is 19.1. The molecule has 118 valence electrons. The second-order valence-corrected chi connectivity index (χ2v) is 5.65. The molecule has 1 aromatic heterocycles. The van der Waals surface area contributed by atoms with Crippen LogP contribution in [0.4, 0.5) is 4.39 Å². The monoisotopic (exact) mass is 310 g/mol. The van der Waals surface area contributed by atoms with E-state index < -0.39 is 0 Å². The van der Waals surface area contributed by atoms with Crippen molar-refractivity contribution in [2.75, 3.05) is 6.54 Å². The van der Waals surface area contributed by atoms with E-state index in [9.17, 15) is 9.18 Å². The van der Waals surface area contributed by atoms with Gasteiger partial charge < -0.3 is 9.88 Å². The normalized spacial score (nSPS) is 10.9. The SMILES string of the molecule is Cc1cc2ccccc2n1CCNC(=O)Cc1ccc(F)cc1. The Morgan fingerprint density at radius 2 is 1.87 bits per heavy atom. The molecule has 0 spiro atoms. The minimum absolute atomic E-state index is 0.0503. The van der Waals surface area contributed by atoms with Crippen LogP contribution in [0.25, 0.3) is 10.9 Å². The van der Waals surface area contributed by atoms with Crippen LogP contribution in [-0.2, 0) is 17.8 Å². The van der Waals surface area contributed by atoms with Crippen molar-refractivity contribution >= 4 is 16.8 Å². The molecule has 0 aliphatic rings. The zero-order valence-corrected chi connectivity index (χ0v) is 13.1. The molecule has 0 atom stereocenters. The standard InChI is InChI=1S/C19H19FN2O/c1-14-12-16-4-2-3-5-18(16)22(14)11-10-21-19(23)13-15-6-8-17(20)9-7-15/h2-9,12H,10-11,13H2,1H3,(H,21,23). The largest absolute Gasteiger partial charge is 0.354 e. The van der Waals surface area contributed by atoms with E-state index in [0.29, 0.717) is 6.54 Å². The van der Waals surface area contributed by atoms with Gasteiger partial charge in [0.05, 0.1) is 6.42 Å². The van der Waals surface area contributed by atoms with Crippen molar-refractivity contribution in [3.63, 3.8) is 0 Å². The van der Waals surface area contributed by atoms with Gasteiger partial charge in [0.1, 0.15) is 5.82 Å². The van der Waals surface area contributed by atoms with E-state index in [1.807, 2.05) is 12.1 Å². The average Bonchev–Trinajstić information content (AvgIpc) is 2.86. The first kappa shape index (κ1) is 15.3. The summed E-state index contributed by atoms with van der Waals surface area (Å²) in [7, 11) is 0. The molecular formula is C19H19FN2O. The molecule has 3 rings (SSSR count). The summed E-state index contributed by atoms with van der Waals surface area (Å²) in [6, 6.07) is 16.4. The molecule has 23 heavy (non-hydrogen) atoms. The number of nitrogens with zero attached hydrogens (tertiary/aromatic N) is 1. The Morgan fingerprint density at radius 3 is 2.65 bits per heavy atom. The van der Waals surface area contributed by atoms with Gasteiger partial charge in [-0.3, -0.25) is 4.79 Å². The Morgan fingerprint density at radius 1 is 1.13 bits per heavy atom. The van der Waals surface area contributed by atoms with Gasteiger partial charge >= 0.3 is 0 Å². The van der Waals surface area contributed by atoms with E-state index >= 15 is 0 Å². The molecular weight excluding hydrogens is 291 g/mol. The number of nitrogens with one attached hydrogen (secondary N) is 1. The number of carbonyl (C=O) groups excluding carboxylic acids is 1. The predicted octanol–water partition coefficient (Wildman–Crippen LogP) is 3.45. The Labute approximate surface area is 134 Å². The highest BCUT2D eigenvalue weighted by molar-refractivity contribution is 5.81. The smallest absolute Gasteiger partial charge is 0.224 e. The number of amides is 1. The third-order valence-corrected chi connectivity index (χ3v) is 3.95. The fourth-order valence-electron chi connectivity index (χ4n) is 2.80. The Bertz CT molecular complexity index is 821. The molecule has 1 N–H and O–H groups in total. The maximum absolute atomic E-state index is 12.8. The van der Waals surface area contributed by atoms with Crippen LogP contribution in [0.2, 0.25) is 0 Å². The van der Waals surface area contributed by atoms with Crippen LogP contribution in [0.1, 0.15) is 11.3 Å². The maximum Gasteiger partial charge on any atom is 0.224 e. The number of halogens is 1. The van der Waals surface area contributed by atoms with E-state index in [1.54, 1.807) is 12.1 Å². The van der Waals surface area contributed by atoms with Crippen LogP contribution in [0.15, 0.2) is 54.6 Å². The summed E-state index contributed by atoms with van der Waals surface area (Å²) >= 11 is 0. The van der Waals surface area contributed by atoms with Gasteiger partial charge in [-0.2, -0.15) is 0 Å². The van der Waals surface area contributed by atoms with Gasteiger partial charge in [0, 0.05) is 24.3 Å². The van der Waals surface area contributed by atoms with E-state index in [1.165, 1.54) is 28.7 Å². The number of carbonyl (C=O) groups is 1. The van der Waals surface area contributed by atoms with E-state index in [-0.39, 0.29) is 18.1 Å². The second kappa shape index (κ2) is 6.65. The molecule has 0 radical (unpaired) electrons. The molecule has 3 nitrogen and oxygen atoms in total. The van der Waals surface area contributed by atoms with Gasteiger partial charge in [0.15, 0.2) is 0 Å². The van der Waals surface area contributed by atoms with Crippen molar-refractivity contribution in [3.8, 4) is 0 Å². The number of rotatable bonds is 5. The molecule has 0 saturated carbocycles. The average molecular weight is 310 g/mol. The molecule has 3 aromatic rings. The quantitative estimate of drug-likeness (QED) is 0.769. The zero-order chi connectivity index (χ0) is 16.2. The lowest BCUT2D eigenvalue weighted by Crippen LogP contribution is -2.28. The molecule has 2 aromatic carbocycles. The number of hydrogen-bond donors (Lipinski definition) is 1. The minimum Gasteiger partial charge on any atom is -0.354 e. The number of para-hydroxylation sites is 1. The first-order valence-electron chi connectivity index (χ1n) is 7.69. The number of benzene rings is 2. The van der Waals surface area contributed by atoms with Gasteiger partial charge in [-0.1, -0.05) is 30.3 Å². The van der Waals surface area contributed by atoms with Gasteiger partial charge in [0.25, 0.3) is 0 Å². The lowest BCUT2D eigenvalue weighted by molar-refractivity contribution is -0.120. The fraction of sp³-hybridized carbons (Fsp3) is 0.211. The van der Waals surface area contributed by atoms with Crippen molar-refractivity contribution in [2.24, 2.45) is 0 Å². The summed E-state index contributed by atoms with van der Waals surface area (Å²) < 4.78 is 15.0. The van der Waals surface area contributed by atoms with Crippen molar-refractivity contribution < 1.29 is 9.18 Å². The molecule has 4 heteroatoms. The molecule has 0 bridgehead atoms. The summed E-state index contributed by atoms with van der Waals surface area (Å²) in [4.78, 5) is 12.0. The lowest BCUT2D eigenvalue weighted by Gasteiger charge is -2.10. The Balaban J connectivity index is 1.57. The van der Waals surface area contributed by atoms with Crippen molar-refractivity contribution in [1.29, 1.82) is 0 Å². The van der Waals surface area contributed by atoms with E-state index in [2.05, 4.69) is 35.0 Å². The molecule has 1 amide bonds. The summed E-state index contributed by atoms with van der Waals surface area (Å²) in [5, 5.41) is 4.13. The Hall–Kier alpha value is -2.62. The minimum atomic E-state index is -0.288. The lowest BCUT2D eigenvalue weighted by atomic mass is 10.1. The third kappa shape index (κ3) is 3.59. The highest BCUT2D eigenvalue weighted by Gasteiger charge is 2.06. The van der Waals surface area contributed by atoms with Gasteiger partial charge in [-0.15, -0.1) is 0 Å². The van der Waals surface area contributed by atoms with Crippen molar-refractivity contribution in [3.05, 3.63) is 71.7 Å². The van der Waals surface area contributed by atoms with Crippen LogP contribution < -0.4 is 5.32 Å². The topological polar surface area (TPSA) is 34.0 Å². The Kier molecular flexibility index (Phi) is 4.42. The fourth-order valence-corrected chi connectivity index (χ4v) is 2.80. The second-order valence-electron chi connectivity index (χ2n) is 5.65. The van der Waals surface area contributed by atoms with Crippen LogP contribution in [0.5, 0.6) is 0 Å².